The number of hydrogen-bond acceptors (Lipinski definition) is 11. The zero-order chi connectivity index (χ0) is 41.9. The number of aryl methyl sites for hydroxylation is 1. The van der Waals surface area contributed by atoms with Crippen molar-refractivity contribution in [2.45, 2.75) is 82.9 Å². The van der Waals surface area contributed by atoms with E-state index in [4.69, 9.17) is 9.47 Å². The molecule has 0 bridgehead atoms. The maximum absolute atomic E-state index is 14.4. The van der Waals surface area contributed by atoms with Crippen molar-refractivity contribution in [3.8, 4) is 5.75 Å². The van der Waals surface area contributed by atoms with Crippen molar-refractivity contribution in [2.24, 2.45) is 5.92 Å². The van der Waals surface area contributed by atoms with Crippen molar-refractivity contribution in [2.75, 3.05) is 49.8 Å². The second-order valence-corrected chi connectivity index (χ2v) is 15.1. The first kappa shape index (κ1) is 43.2. The molecular formula is C45H56N6O8. The van der Waals surface area contributed by atoms with E-state index in [1.54, 1.807) is 39.6 Å². The molecule has 59 heavy (non-hydrogen) atoms. The highest BCUT2D eigenvalue weighted by Crippen LogP contribution is 2.48. The number of rotatable bonds is 21. The molecule has 0 radical (unpaired) electrons. The van der Waals surface area contributed by atoms with E-state index in [1.165, 1.54) is 7.11 Å². The Morgan fingerprint density at radius 1 is 1.02 bits per heavy atom. The first-order valence-corrected chi connectivity index (χ1v) is 20.6. The molecule has 2 unspecified atom stereocenters. The second kappa shape index (κ2) is 20.0. The summed E-state index contributed by atoms with van der Waals surface area (Å²) >= 11 is 0. The molecule has 314 valence electrons. The van der Waals surface area contributed by atoms with E-state index in [9.17, 15) is 29.7 Å². The van der Waals surface area contributed by atoms with Gasteiger partial charge in [0.2, 0.25) is 5.91 Å². The molecule has 14 nitrogen and oxygen atoms in total. The molecule has 4 aromatic rings. The third kappa shape index (κ3) is 9.57. The number of anilines is 3. The van der Waals surface area contributed by atoms with Crippen LogP contribution in [0.3, 0.4) is 0 Å². The summed E-state index contributed by atoms with van der Waals surface area (Å²) in [7, 11) is 1.34. The van der Waals surface area contributed by atoms with Crippen molar-refractivity contribution >= 4 is 34.8 Å². The number of nitrogens with zero attached hydrogens (tertiary/aromatic N) is 5. The first-order chi connectivity index (χ1) is 28.6. The zero-order valence-electron chi connectivity index (χ0n) is 34.1. The summed E-state index contributed by atoms with van der Waals surface area (Å²) in [5, 5.41) is 44.0. The van der Waals surface area contributed by atoms with Gasteiger partial charge in [-0.15, -0.1) is 5.10 Å². The van der Waals surface area contributed by atoms with Crippen molar-refractivity contribution in [1.29, 1.82) is 0 Å². The number of unbranched alkanes of at least 4 members (excludes halogenated alkanes) is 2. The number of fused-ring (bicyclic) bond motifs is 2. The molecule has 0 saturated heterocycles. The van der Waals surface area contributed by atoms with Gasteiger partial charge in [-0.25, -0.2) is 0 Å². The maximum atomic E-state index is 14.4. The predicted octanol–water partition coefficient (Wildman–Crippen LogP) is 4.91. The number of carbonyl (C=O) groups excluding carboxylic acids is 3. The van der Waals surface area contributed by atoms with Crippen molar-refractivity contribution in [3.63, 3.8) is 0 Å². The van der Waals surface area contributed by atoms with Crippen LogP contribution in [0.15, 0.2) is 85.1 Å². The molecule has 3 aromatic carbocycles. The van der Waals surface area contributed by atoms with Crippen LogP contribution >= 0.6 is 0 Å². The second-order valence-electron chi connectivity index (χ2n) is 15.1. The average Bonchev–Trinajstić information content (AvgIpc) is 3.80. The fourth-order valence-electron chi connectivity index (χ4n) is 7.94. The van der Waals surface area contributed by atoms with Gasteiger partial charge in [-0.3, -0.25) is 24.0 Å². The first-order valence-electron chi connectivity index (χ1n) is 20.6. The molecule has 0 spiro atoms. The molecule has 2 amide bonds. The number of aromatic nitrogens is 3. The fourth-order valence-corrected chi connectivity index (χ4v) is 7.94. The summed E-state index contributed by atoms with van der Waals surface area (Å²) in [6.45, 7) is 5.49. The number of ether oxygens (including phenoxy) is 2. The summed E-state index contributed by atoms with van der Waals surface area (Å²) < 4.78 is 12.3. The molecule has 0 fully saturated rings. The van der Waals surface area contributed by atoms with Crippen LogP contribution in [0.25, 0.3) is 0 Å². The highest BCUT2D eigenvalue weighted by Gasteiger charge is 2.53. The molecular weight excluding hydrogens is 753 g/mol. The van der Waals surface area contributed by atoms with E-state index in [2.05, 4.69) is 15.6 Å². The van der Waals surface area contributed by atoms with Crippen molar-refractivity contribution in [3.05, 3.63) is 107 Å². The predicted molar refractivity (Wildman–Crippen MR) is 223 cm³/mol. The highest BCUT2D eigenvalue weighted by atomic mass is 16.5. The van der Waals surface area contributed by atoms with E-state index in [1.807, 2.05) is 73.8 Å². The van der Waals surface area contributed by atoms with E-state index in [-0.39, 0.29) is 44.0 Å². The molecule has 1 aromatic heterocycles. The number of hydrogen-bond donors (Lipinski definition) is 4. The minimum absolute atomic E-state index is 0.0727. The fraction of sp³-hybridized carbons (Fsp3) is 0.444. The molecule has 2 aliphatic heterocycles. The number of aliphatic hydroxyl groups excluding tert-OH is 2. The van der Waals surface area contributed by atoms with Gasteiger partial charge in [-0.05, 0) is 99.5 Å². The number of allylic oxidation sites excluding steroid dienone is 1. The lowest BCUT2D eigenvalue weighted by molar-refractivity contribution is -0.140. The standard InChI is InChI=1S/C45H56N6O8/c1-4-59-35-19-21-40-33(26-35)27-38(46-22-10-13-25-52)43(55)51(40)34-18-20-41-37(28-34)45(57,44(56)50(41)24-12-9-17-42(54)58-3)31(2)14-8-11-23-49-29-39(47-48-49)36(30-53)32-15-6-5-7-16-32/h5-8,14-16,18-21,26,28-29,31,36,38,46,52-53,57H,4,9-13,17,22-25,27,30H2,1-3H3/b14-8+/t31-,36?,38?,45+/m0/s1. The highest BCUT2D eigenvalue weighted by molar-refractivity contribution is 6.10. The lowest BCUT2D eigenvalue weighted by atomic mass is 9.82. The van der Waals surface area contributed by atoms with Crippen LogP contribution in [0, 0.1) is 5.92 Å². The van der Waals surface area contributed by atoms with Gasteiger partial charge in [0.15, 0.2) is 5.60 Å². The quantitative estimate of drug-likeness (QED) is 0.0511. The summed E-state index contributed by atoms with van der Waals surface area (Å²) in [5.41, 5.74) is 2.69. The molecule has 6 rings (SSSR count). The van der Waals surface area contributed by atoms with Gasteiger partial charge in [0.1, 0.15) is 5.75 Å². The number of carbonyl (C=O) groups is 3. The van der Waals surface area contributed by atoms with Crippen LogP contribution in [0.4, 0.5) is 17.1 Å². The Kier molecular flexibility index (Phi) is 14.7. The van der Waals surface area contributed by atoms with E-state index >= 15 is 0 Å². The summed E-state index contributed by atoms with van der Waals surface area (Å²) in [4.78, 5) is 43.8. The Bertz CT molecular complexity index is 2090. The third-order valence-corrected chi connectivity index (χ3v) is 11.2. The lowest BCUT2D eigenvalue weighted by Gasteiger charge is -2.35. The third-order valence-electron chi connectivity index (χ3n) is 11.2. The minimum atomic E-state index is -1.96. The number of amides is 2. The van der Waals surface area contributed by atoms with Crippen LogP contribution in [-0.2, 0) is 37.7 Å². The Hall–Kier alpha value is -5.41. The van der Waals surface area contributed by atoms with Crippen LogP contribution in [0.1, 0.15) is 80.7 Å². The number of aliphatic hydroxyl groups is 3. The Balaban J connectivity index is 1.28. The Morgan fingerprint density at radius 2 is 1.81 bits per heavy atom. The van der Waals surface area contributed by atoms with Gasteiger partial charge < -0.3 is 35.0 Å². The van der Waals surface area contributed by atoms with Gasteiger partial charge in [-0.1, -0.05) is 54.6 Å². The SMILES string of the molecule is CCOc1ccc2c(c1)CC(NCCCCO)C(=O)N2c1ccc2c(c1)[C@](O)([C@@H](C)/C=C/CCn1cc(C(CO)c3ccccc3)nn1)C(=O)N2CCCCC(=O)OC. The summed E-state index contributed by atoms with van der Waals surface area (Å²) in [5.74, 6) is -1.25. The van der Waals surface area contributed by atoms with Gasteiger partial charge in [-0.2, -0.15) is 0 Å². The van der Waals surface area contributed by atoms with Crippen LogP contribution in [-0.4, -0.2) is 94.2 Å². The lowest BCUT2D eigenvalue weighted by Crippen LogP contribution is -2.49. The Morgan fingerprint density at radius 3 is 2.56 bits per heavy atom. The van der Waals surface area contributed by atoms with Crippen LogP contribution in [0.2, 0.25) is 0 Å². The van der Waals surface area contributed by atoms with Gasteiger partial charge >= 0.3 is 5.97 Å². The normalized spacial score (nSPS) is 18.6. The summed E-state index contributed by atoms with van der Waals surface area (Å²) in [6.07, 6.45) is 9.09. The zero-order valence-corrected chi connectivity index (χ0v) is 34.1. The number of nitrogens with one attached hydrogen (secondary N) is 1. The molecule has 3 heterocycles. The topological polar surface area (TPSA) is 180 Å². The number of benzene rings is 3. The van der Waals surface area contributed by atoms with Crippen molar-refractivity contribution < 1.29 is 39.2 Å². The minimum Gasteiger partial charge on any atom is -0.494 e. The van der Waals surface area contributed by atoms with Gasteiger partial charge in [0, 0.05) is 49.5 Å². The largest absolute Gasteiger partial charge is 0.494 e. The van der Waals surface area contributed by atoms with Crippen LogP contribution < -0.4 is 19.9 Å². The Labute approximate surface area is 345 Å². The monoisotopic (exact) mass is 808 g/mol. The summed E-state index contributed by atoms with van der Waals surface area (Å²) in [6, 6.07) is 20.1. The molecule has 2 aliphatic rings. The molecule has 0 aliphatic carbocycles. The maximum Gasteiger partial charge on any atom is 0.305 e. The van der Waals surface area contributed by atoms with Crippen molar-refractivity contribution in [1.82, 2.24) is 20.3 Å². The molecule has 14 heteroatoms. The van der Waals surface area contributed by atoms with Crippen LogP contribution in [0.5, 0.6) is 5.75 Å². The van der Waals surface area contributed by atoms with E-state index in [0.717, 1.165) is 11.1 Å². The number of methoxy groups -OCH3 is 1. The van der Waals surface area contributed by atoms with Gasteiger partial charge in [0.05, 0.1) is 49.4 Å². The smallest absolute Gasteiger partial charge is 0.305 e. The molecule has 4 atom stereocenters. The van der Waals surface area contributed by atoms with Gasteiger partial charge in [0.25, 0.3) is 5.91 Å². The van der Waals surface area contributed by atoms with E-state index < -0.39 is 23.5 Å². The molecule has 0 saturated carbocycles. The molecule has 4 N–H and O–H groups in total. The van der Waals surface area contributed by atoms with E-state index in [0.29, 0.717) is 92.3 Å². The average molecular weight is 809 g/mol. The number of esters is 1.